The maximum atomic E-state index is 12.4. The van der Waals surface area contributed by atoms with Gasteiger partial charge in [-0.2, -0.15) is 5.10 Å². The first-order chi connectivity index (χ1) is 12.0. The number of carbonyl (C=O) groups is 2. The Bertz CT molecular complexity index is 746. The van der Waals surface area contributed by atoms with Gasteiger partial charge in [-0.1, -0.05) is 0 Å². The summed E-state index contributed by atoms with van der Waals surface area (Å²) in [6, 6.07) is 8.75. The van der Waals surface area contributed by atoms with Gasteiger partial charge in [-0.15, -0.1) is 0 Å². The summed E-state index contributed by atoms with van der Waals surface area (Å²) in [6.07, 6.45) is 1.76. The van der Waals surface area contributed by atoms with E-state index in [1.165, 1.54) is 6.92 Å². The van der Waals surface area contributed by atoms with Crippen molar-refractivity contribution in [2.45, 2.75) is 32.7 Å². The average molecular weight is 342 g/mol. The highest BCUT2D eigenvalue weighted by Gasteiger charge is 2.22. The number of rotatable bonds is 4. The maximum Gasteiger partial charge on any atom is 0.308 e. The highest BCUT2D eigenvalue weighted by Crippen LogP contribution is 2.19. The minimum Gasteiger partial charge on any atom is -0.427 e. The summed E-state index contributed by atoms with van der Waals surface area (Å²) in [5.74, 6) is 0.912. The number of ether oxygens (including phenoxy) is 1. The number of nitrogens with zero attached hydrogens (tertiary/aromatic N) is 2. The largest absolute Gasteiger partial charge is 0.427 e. The normalized spacial score (nSPS) is 15.0. The second-order valence-electron chi connectivity index (χ2n) is 6.26. The van der Waals surface area contributed by atoms with E-state index >= 15 is 0 Å². The number of hydrogen-bond acceptors (Lipinski definition) is 5. The van der Waals surface area contributed by atoms with Crippen molar-refractivity contribution >= 4 is 17.7 Å². The predicted octanol–water partition coefficient (Wildman–Crippen LogP) is 2.04. The van der Waals surface area contributed by atoms with Crippen molar-refractivity contribution in [3.05, 3.63) is 41.6 Å². The number of nitrogens with one attached hydrogen (secondary N) is 2. The molecular formula is C18H22N4O3. The van der Waals surface area contributed by atoms with E-state index in [0.29, 0.717) is 11.3 Å². The van der Waals surface area contributed by atoms with Crippen LogP contribution in [0.5, 0.6) is 5.75 Å². The number of H-pyrrole nitrogens is 1. The summed E-state index contributed by atoms with van der Waals surface area (Å²) in [4.78, 5) is 25.5. The van der Waals surface area contributed by atoms with E-state index in [-0.39, 0.29) is 17.9 Å². The van der Waals surface area contributed by atoms with Crippen LogP contribution in [0.1, 0.15) is 35.8 Å². The van der Waals surface area contributed by atoms with Crippen molar-refractivity contribution < 1.29 is 14.3 Å². The van der Waals surface area contributed by atoms with Crippen LogP contribution in [0.25, 0.3) is 0 Å². The maximum absolute atomic E-state index is 12.4. The van der Waals surface area contributed by atoms with Crippen molar-refractivity contribution in [1.82, 2.24) is 15.5 Å². The number of hydrogen-bond donors (Lipinski definition) is 2. The molecule has 0 bridgehead atoms. The monoisotopic (exact) mass is 342 g/mol. The fraction of sp³-hybridized carbons (Fsp3) is 0.389. The zero-order chi connectivity index (χ0) is 17.8. The lowest BCUT2D eigenvalue weighted by molar-refractivity contribution is -0.131. The van der Waals surface area contributed by atoms with Gasteiger partial charge in [-0.05, 0) is 44.0 Å². The Hall–Kier alpha value is -2.83. The smallest absolute Gasteiger partial charge is 0.308 e. The first-order valence-electron chi connectivity index (χ1n) is 8.37. The van der Waals surface area contributed by atoms with E-state index in [4.69, 9.17) is 4.74 Å². The molecule has 2 heterocycles. The van der Waals surface area contributed by atoms with Gasteiger partial charge in [0.2, 0.25) is 0 Å². The molecule has 2 aromatic rings. The van der Waals surface area contributed by atoms with Crippen LogP contribution in [0.2, 0.25) is 0 Å². The lowest BCUT2D eigenvalue weighted by Gasteiger charge is -2.32. The molecule has 1 fully saturated rings. The molecule has 3 rings (SSSR count). The van der Waals surface area contributed by atoms with Crippen LogP contribution in [0.3, 0.4) is 0 Å². The summed E-state index contributed by atoms with van der Waals surface area (Å²) in [7, 11) is 0. The van der Waals surface area contributed by atoms with Crippen LogP contribution in [0, 0.1) is 6.92 Å². The van der Waals surface area contributed by atoms with E-state index in [0.717, 1.165) is 37.4 Å². The molecule has 1 aliphatic rings. The molecule has 1 aromatic heterocycles. The molecule has 0 spiro atoms. The zero-order valence-corrected chi connectivity index (χ0v) is 14.4. The Morgan fingerprint density at radius 3 is 2.48 bits per heavy atom. The minimum atomic E-state index is -0.379. The molecule has 7 heteroatoms. The second kappa shape index (κ2) is 7.38. The van der Waals surface area contributed by atoms with E-state index in [9.17, 15) is 9.59 Å². The Morgan fingerprint density at radius 2 is 1.92 bits per heavy atom. The van der Waals surface area contributed by atoms with Crippen LogP contribution in [0.4, 0.5) is 5.82 Å². The van der Waals surface area contributed by atoms with Crippen LogP contribution in [0.15, 0.2) is 30.3 Å². The van der Waals surface area contributed by atoms with Crippen LogP contribution < -0.4 is 15.0 Å². The lowest BCUT2D eigenvalue weighted by Crippen LogP contribution is -2.44. The number of carbonyl (C=O) groups excluding carboxylic acids is 2. The van der Waals surface area contributed by atoms with Crippen molar-refractivity contribution in [3.8, 4) is 5.75 Å². The number of anilines is 1. The fourth-order valence-corrected chi connectivity index (χ4v) is 2.93. The molecule has 0 aliphatic carbocycles. The van der Waals surface area contributed by atoms with Crippen molar-refractivity contribution in [3.63, 3.8) is 0 Å². The number of piperidine rings is 1. The molecule has 2 N–H and O–H groups in total. The van der Waals surface area contributed by atoms with Gasteiger partial charge in [0.1, 0.15) is 5.75 Å². The quantitative estimate of drug-likeness (QED) is 0.656. The molecular weight excluding hydrogens is 320 g/mol. The summed E-state index contributed by atoms with van der Waals surface area (Å²) in [5.41, 5.74) is 1.60. The average Bonchev–Trinajstić information content (AvgIpc) is 3.02. The standard InChI is InChI=1S/C18H22N4O3/c1-12-11-17(21-20-12)22-9-7-15(8-10-22)19-18(24)14-3-5-16(6-4-14)25-13(2)23/h3-6,11,15H,7-10H2,1-2H3,(H,19,24)(H,20,21). The third-order valence-corrected chi connectivity index (χ3v) is 4.22. The number of amides is 1. The molecule has 1 amide bonds. The van der Waals surface area contributed by atoms with Crippen LogP contribution in [-0.2, 0) is 4.79 Å². The topological polar surface area (TPSA) is 87.3 Å². The summed E-state index contributed by atoms with van der Waals surface area (Å²) < 4.78 is 4.97. The highest BCUT2D eigenvalue weighted by atomic mass is 16.5. The van der Waals surface area contributed by atoms with Gasteiger partial charge in [0.15, 0.2) is 5.82 Å². The van der Waals surface area contributed by atoms with E-state index in [1.807, 2.05) is 13.0 Å². The first kappa shape index (κ1) is 17.0. The molecule has 0 atom stereocenters. The van der Waals surface area contributed by atoms with Crippen molar-refractivity contribution in [1.29, 1.82) is 0 Å². The van der Waals surface area contributed by atoms with Gasteiger partial charge >= 0.3 is 5.97 Å². The van der Waals surface area contributed by atoms with Gasteiger partial charge in [0.05, 0.1) is 0 Å². The van der Waals surface area contributed by atoms with Crippen molar-refractivity contribution in [2.75, 3.05) is 18.0 Å². The van der Waals surface area contributed by atoms with E-state index in [2.05, 4.69) is 20.4 Å². The summed E-state index contributed by atoms with van der Waals surface area (Å²) >= 11 is 0. The first-order valence-corrected chi connectivity index (χ1v) is 8.37. The molecule has 7 nitrogen and oxygen atoms in total. The minimum absolute atomic E-state index is 0.108. The van der Waals surface area contributed by atoms with Crippen molar-refractivity contribution in [2.24, 2.45) is 0 Å². The molecule has 1 aromatic carbocycles. The van der Waals surface area contributed by atoms with Gasteiger partial charge < -0.3 is 15.0 Å². The number of aryl methyl sites for hydroxylation is 1. The Morgan fingerprint density at radius 1 is 1.24 bits per heavy atom. The summed E-state index contributed by atoms with van der Waals surface area (Å²) in [6.45, 7) is 5.05. The third-order valence-electron chi connectivity index (χ3n) is 4.22. The zero-order valence-electron chi connectivity index (χ0n) is 14.4. The lowest BCUT2D eigenvalue weighted by atomic mass is 10.0. The van der Waals surface area contributed by atoms with Crippen LogP contribution in [-0.4, -0.2) is 41.2 Å². The third kappa shape index (κ3) is 4.37. The molecule has 0 radical (unpaired) electrons. The van der Waals surface area contributed by atoms with Gasteiger partial charge in [0, 0.05) is 43.4 Å². The fourth-order valence-electron chi connectivity index (χ4n) is 2.93. The predicted molar refractivity (Wildman–Crippen MR) is 93.8 cm³/mol. The molecule has 0 saturated carbocycles. The molecule has 1 saturated heterocycles. The Kier molecular flexibility index (Phi) is 5.02. The number of esters is 1. The van der Waals surface area contributed by atoms with Gasteiger partial charge in [-0.25, -0.2) is 0 Å². The molecule has 1 aliphatic heterocycles. The van der Waals surface area contributed by atoms with Crippen LogP contribution >= 0.6 is 0 Å². The Labute approximate surface area is 146 Å². The molecule has 0 unspecified atom stereocenters. The SMILES string of the molecule is CC(=O)Oc1ccc(C(=O)NC2CCN(c3cc(C)[nH]n3)CC2)cc1. The van der Waals surface area contributed by atoms with E-state index in [1.54, 1.807) is 24.3 Å². The van der Waals surface area contributed by atoms with Gasteiger partial charge in [0.25, 0.3) is 5.91 Å². The number of aromatic nitrogens is 2. The second-order valence-corrected chi connectivity index (χ2v) is 6.26. The van der Waals surface area contributed by atoms with Gasteiger partial charge in [-0.3, -0.25) is 14.7 Å². The summed E-state index contributed by atoms with van der Waals surface area (Å²) in [5, 5.41) is 10.3. The number of benzene rings is 1. The molecule has 25 heavy (non-hydrogen) atoms. The molecule has 132 valence electrons. The highest BCUT2D eigenvalue weighted by molar-refractivity contribution is 5.94. The van der Waals surface area contributed by atoms with E-state index < -0.39 is 0 Å². The Balaban J connectivity index is 1.51. The number of aromatic amines is 1.